The summed E-state index contributed by atoms with van der Waals surface area (Å²) in [4.78, 5) is 23.2. The fourth-order valence-corrected chi connectivity index (χ4v) is 2.70. The molecule has 0 saturated carbocycles. The monoisotopic (exact) mass is 379 g/mol. The van der Waals surface area contributed by atoms with Crippen molar-refractivity contribution in [3.05, 3.63) is 64.7 Å². The Hall–Kier alpha value is -4.15. The van der Waals surface area contributed by atoms with Crippen LogP contribution < -0.4 is 9.75 Å². The average Bonchev–Trinajstić information content (AvgIpc) is 3.29. The molecule has 11 nitrogen and oxygen atoms in total. The number of hydrazone groups is 1. The molecule has 3 aromatic rings. The van der Waals surface area contributed by atoms with Crippen LogP contribution in [0.4, 0.5) is 11.4 Å². The average molecular weight is 379 g/mol. The van der Waals surface area contributed by atoms with Crippen LogP contribution in [-0.2, 0) is 4.79 Å². The Kier molecular flexibility index (Phi) is 4.24. The Labute approximate surface area is 158 Å². The predicted molar refractivity (Wildman–Crippen MR) is 97.3 cm³/mol. The van der Waals surface area contributed by atoms with Crippen molar-refractivity contribution in [1.82, 2.24) is 20.2 Å². The molecular weight excluding hydrogens is 366 g/mol. The van der Waals surface area contributed by atoms with Crippen LogP contribution in [0.15, 0.2) is 59.7 Å². The quantitative estimate of drug-likeness (QED) is 0.488. The maximum Gasteiger partial charge on any atom is 0.341 e. The zero-order valence-electron chi connectivity index (χ0n) is 14.5. The van der Waals surface area contributed by atoms with Gasteiger partial charge < -0.3 is 4.74 Å². The smallest absolute Gasteiger partial charge is 0.341 e. The molecule has 1 atom stereocenters. The Morgan fingerprint density at radius 2 is 1.86 bits per heavy atom. The Morgan fingerprint density at radius 1 is 1.11 bits per heavy atom. The van der Waals surface area contributed by atoms with Crippen molar-refractivity contribution in [1.29, 1.82) is 0 Å². The van der Waals surface area contributed by atoms with Gasteiger partial charge in [0, 0.05) is 12.1 Å². The van der Waals surface area contributed by atoms with Crippen LogP contribution in [0.25, 0.3) is 5.69 Å². The van der Waals surface area contributed by atoms with E-state index in [1.807, 2.05) is 18.2 Å². The van der Waals surface area contributed by atoms with E-state index in [2.05, 4.69) is 20.6 Å². The largest absolute Gasteiger partial charge is 0.442 e. The SMILES string of the molecule is CC1=NN(c2cccc([N+](=O)[O-])c2)C(=O)C1Oc1nnnn1-c1ccccc1. The van der Waals surface area contributed by atoms with Crippen LogP contribution >= 0.6 is 0 Å². The van der Waals surface area contributed by atoms with Crippen LogP contribution in [0, 0.1) is 10.1 Å². The lowest BCUT2D eigenvalue weighted by Gasteiger charge is -2.15. The summed E-state index contributed by atoms with van der Waals surface area (Å²) in [6.45, 7) is 1.62. The maximum atomic E-state index is 12.8. The molecule has 2 heterocycles. The van der Waals surface area contributed by atoms with Gasteiger partial charge in [0.05, 0.1) is 22.0 Å². The molecule has 11 heteroatoms. The van der Waals surface area contributed by atoms with Gasteiger partial charge in [-0.1, -0.05) is 29.4 Å². The number of carbonyl (C=O) groups excluding carboxylic acids is 1. The molecule has 0 spiro atoms. The second kappa shape index (κ2) is 6.87. The van der Waals surface area contributed by atoms with Crippen molar-refractivity contribution < 1.29 is 14.5 Å². The van der Waals surface area contributed by atoms with Crippen LogP contribution in [0.2, 0.25) is 0 Å². The number of aromatic nitrogens is 4. The number of nitrogens with zero attached hydrogens (tertiary/aromatic N) is 7. The number of hydrogen-bond donors (Lipinski definition) is 0. The van der Waals surface area contributed by atoms with E-state index in [9.17, 15) is 14.9 Å². The number of carbonyl (C=O) groups is 1. The minimum absolute atomic E-state index is 0.0278. The molecule has 0 N–H and O–H groups in total. The molecule has 4 rings (SSSR count). The highest BCUT2D eigenvalue weighted by Gasteiger charge is 2.38. The van der Waals surface area contributed by atoms with E-state index >= 15 is 0 Å². The molecular formula is C17H13N7O4. The summed E-state index contributed by atoms with van der Waals surface area (Å²) in [6, 6.07) is 14.7. The molecule has 0 radical (unpaired) electrons. The minimum atomic E-state index is -1.05. The van der Waals surface area contributed by atoms with Crippen molar-refractivity contribution >= 4 is 23.0 Å². The molecule has 1 aliphatic rings. The topological polar surface area (TPSA) is 129 Å². The Bertz CT molecular complexity index is 1080. The lowest BCUT2D eigenvalue weighted by molar-refractivity contribution is -0.384. The molecule has 0 aliphatic carbocycles. The van der Waals surface area contributed by atoms with Crippen molar-refractivity contribution in [3.8, 4) is 11.7 Å². The second-order valence-electron chi connectivity index (χ2n) is 5.88. The van der Waals surface area contributed by atoms with Gasteiger partial charge in [0.15, 0.2) is 0 Å². The summed E-state index contributed by atoms with van der Waals surface area (Å²) in [6.07, 6.45) is -1.05. The number of benzene rings is 2. The highest BCUT2D eigenvalue weighted by atomic mass is 16.6. The van der Waals surface area contributed by atoms with Gasteiger partial charge in [-0.25, -0.2) is 0 Å². The lowest BCUT2D eigenvalue weighted by atomic mass is 10.2. The number of amides is 1. The van der Waals surface area contributed by atoms with Crippen molar-refractivity contribution in [2.24, 2.45) is 5.10 Å². The number of hydrogen-bond acceptors (Lipinski definition) is 8. The van der Waals surface area contributed by atoms with E-state index in [1.54, 1.807) is 25.1 Å². The highest BCUT2D eigenvalue weighted by molar-refractivity contribution is 6.17. The predicted octanol–water partition coefficient (Wildman–Crippen LogP) is 1.74. The number of anilines is 1. The van der Waals surface area contributed by atoms with Crippen molar-refractivity contribution in [3.63, 3.8) is 0 Å². The zero-order valence-corrected chi connectivity index (χ0v) is 14.5. The minimum Gasteiger partial charge on any atom is -0.442 e. The molecule has 0 bridgehead atoms. The number of ether oxygens (including phenoxy) is 1. The van der Waals surface area contributed by atoms with Crippen molar-refractivity contribution in [2.75, 3.05) is 5.01 Å². The molecule has 28 heavy (non-hydrogen) atoms. The zero-order chi connectivity index (χ0) is 19.7. The first-order chi connectivity index (χ1) is 13.5. The molecule has 0 fully saturated rings. The van der Waals surface area contributed by atoms with Gasteiger partial charge in [-0.15, -0.1) is 0 Å². The van der Waals surface area contributed by atoms with E-state index in [0.29, 0.717) is 11.4 Å². The normalized spacial score (nSPS) is 16.2. The van der Waals surface area contributed by atoms with Crippen molar-refractivity contribution in [2.45, 2.75) is 13.0 Å². The summed E-state index contributed by atoms with van der Waals surface area (Å²) in [5.74, 6) is -0.499. The summed E-state index contributed by atoms with van der Waals surface area (Å²) in [5.41, 5.74) is 1.17. The van der Waals surface area contributed by atoms with Crippen LogP contribution in [0.1, 0.15) is 6.92 Å². The number of rotatable bonds is 5. The lowest BCUT2D eigenvalue weighted by Crippen LogP contribution is -2.36. The standard InChI is InChI=1S/C17H13N7O4/c1-11-15(28-17-18-20-21-23(17)12-6-3-2-4-7-12)16(25)22(19-11)13-8-5-9-14(10-13)24(26)27/h2-10,15H,1H3. The number of nitro groups is 1. The number of non-ortho nitro benzene ring substituents is 1. The van der Waals surface area contributed by atoms with Gasteiger partial charge in [0.1, 0.15) is 0 Å². The van der Waals surface area contributed by atoms with Gasteiger partial charge >= 0.3 is 6.01 Å². The molecule has 1 aliphatic heterocycles. The van der Waals surface area contributed by atoms with E-state index in [4.69, 9.17) is 4.74 Å². The maximum absolute atomic E-state index is 12.8. The van der Waals surface area contributed by atoms with Gasteiger partial charge in [0.2, 0.25) is 6.10 Å². The number of nitro benzene ring substituents is 1. The molecule has 1 aromatic heterocycles. The van der Waals surface area contributed by atoms with Crippen LogP contribution in [0.5, 0.6) is 6.01 Å². The van der Waals surface area contributed by atoms with E-state index in [1.165, 1.54) is 22.9 Å². The summed E-state index contributed by atoms with van der Waals surface area (Å²) in [7, 11) is 0. The molecule has 0 saturated heterocycles. The van der Waals surface area contributed by atoms with E-state index in [0.717, 1.165) is 5.01 Å². The number of tetrazole rings is 1. The first-order valence-corrected chi connectivity index (χ1v) is 8.18. The molecule has 2 aromatic carbocycles. The third kappa shape index (κ3) is 3.05. The fourth-order valence-electron chi connectivity index (χ4n) is 2.70. The Morgan fingerprint density at radius 3 is 2.61 bits per heavy atom. The highest BCUT2D eigenvalue weighted by Crippen LogP contribution is 2.26. The summed E-state index contributed by atoms with van der Waals surface area (Å²) < 4.78 is 7.08. The third-order valence-electron chi connectivity index (χ3n) is 4.02. The van der Waals surface area contributed by atoms with E-state index < -0.39 is 16.9 Å². The fraction of sp³-hybridized carbons (Fsp3) is 0.118. The first-order valence-electron chi connectivity index (χ1n) is 8.18. The Balaban J connectivity index is 1.60. The molecule has 140 valence electrons. The summed E-state index contributed by atoms with van der Waals surface area (Å²) >= 11 is 0. The van der Waals surface area contributed by atoms with Gasteiger partial charge in [0.25, 0.3) is 11.6 Å². The van der Waals surface area contributed by atoms with Gasteiger partial charge in [-0.3, -0.25) is 14.9 Å². The van der Waals surface area contributed by atoms with Gasteiger partial charge in [-0.2, -0.15) is 14.8 Å². The summed E-state index contributed by atoms with van der Waals surface area (Å²) in [5, 5.41) is 27.5. The van der Waals surface area contributed by atoms with Crippen LogP contribution in [0.3, 0.4) is 0 Å². The number of para-hydroxylation sites is 1. The second-order valence-corrected chi connectivity index (χ2v) is 5.88. The first kappa shape index (κ1) is 17.3. The van der Waals surface area contributed by atoms with Crippen LogP contribution in [-0.4, -0.2) is 42.9 Å². The van der Waals surface area contributed by atoms with Gasteiger partial charge in [-0.05, 0) is 35.5 Å². The third-order valence-corrected chi connectivity index (χ3v) is 4.02. The molecule has 1 unspecified atom stereocenters. The van der Waals surface area contributed by atoms with E-state index in [-0.39, 0.29) is 17.4 Å². The molecule has 1 amide bonds.